The Morgan fingerprint density at radius 2 is 1.77 bits per heavy atom. The van der Waals surface area contributed by atoms with Crippen molar-refractivity contribution in [3.63, 3.8) is 0 Å². The molecule has 0 heterocycles. The molecule has 0 aromatic heterocycles. The summed E-state index contributed by atoms with van der Waals surface area (Å²) in [5, 5.41) is 9.17. The van der Waals surface area contributed by atoms with Crippen LogP contribution in [-0.4, -0.2) is 37.2 Å². The molecular weight excluding hydrogens is 288 g/mol. The van der Waals surface area contributed by atoms with Crippen molar-refractivity contribution >= 4 is 17.9 Å². The fraction of sp³-hybridized carbons (Fsp3) is 0.438. The number of hydrogen-bond donors (Lipinski definition) is 1. The van der Waals surface area contributed by atoms with E-state index in [0.29, 0.717) is 18.4 Å². The maximum absolute atomic E-state index is 11.8. The van der Waals surface area contributed by atoms with Gasteiger partial charge < -0.3 is 14.6 Å². The van der Waals surface area contributed by atoms with Gasteiger partial charge in [-0.25, -0.2) is 4.79 Å². The van der Waals surface area contributed by atoms with Crippen LogP contribution >= 0.6 is 0 Å². The third-order valence-corrected chi connectivity index (χ3v) is 4.17. The highest BCUT2D eigenvalue weighted by molar-refractivity contribution is 5.94. The molecule has 6 heteroatoms. The number of carbonyl (C=O) groups is 3. The van der Waals surface area contributed by atoms with Crippen LogP contribution < -0.4 is 0 Å². The van der Waals surface area contributed by atoms with Crippen molar-refractivity contribution in [2.75, 3.05) is 14.2 Å². The van der Waals surface area contributed by atoms with Gasteiger partial charge in [-0.2, -0.15) is 0 Å². The molecule has 1 aliphatic rings. The number of rotatable bonds is 5. The van der Waals surface area contributed by atoms with Gasteiger partial charge in [-0.05, 0) is 36.3 Å². The van der Waals surface area contributed by atoms with E-state index in [0.717, 1.165) is 5.56 Å². The lowest BCUT2D eigenvalue weighted by atomic mass is 9.65. The summed E-state index contributed by atoms with van der Waals surface area (Å²) in [6.45, 7) is 0. The average Bonchev–Trinajstić information content (AvgIpc) is 2.48. The number of benzene rings is 1. The molecule has 1 atom stereocenters. The molecule has 0 bridgehead atoms. The van der Waals surface area contributed by atoms with Gasteiger partial charge in [-0.3, -0.25) is 9.59 Å². The van der Waals surface area contributed by atoms with Gasteiger partial charge in [-0.15, -0.1) is 0 Å². The van der Waals surface area contributed by atoms with E-state index in [1.54, 1.807) is 12.1 Å². The van der Waals surface area contributed by atoms with Crippen molar-refractivity contribution in [3.05, 3.63) is 35.4 Å². The van der Waals surface area contributed by atoms with Gasteiger partial charge in [0.2, 0.25) is 0 Å². The van der Waals surface area contributed by atoms with E-state index in [-0.39, 0.29) is 11.8 Å². The number of carbonyl (C=O) groups excluding carboxylic acids is 2. The van der Waals surface area contributed by atoms with Gasteiger partial charge in [0.1, 0.15) is 0 Å². The molecule has 1 aromatic carbocycles. The molecule has 1 N–H and O–H groups in total. The van der Waals surface area contributed by atoms with E-state index < -0.39 is 23.8 Å². The van der Waals surface area contributed by atoms with Crippen LogP contribution in [0.3, 0.4) is 0 Å². The Bertz CT molecular complexity index is 588. The van der Waals surface area contributed by atoms with Gasteiger partial charge in [0, 0.05) is 0 Å². The molecule has 0 aliphatic heterocycles. The van der Waals surface area contributed by atoms with Gasteiger partial charge in [0.25, 0.3) is 0 Å². The summed E-state index contributed by atoms with van der Waals surface area (Å²) in [7, 11) is 2.50. The Morgan fingerprint density at radius 1 is 1.14 bits per heavy atom. The fourth-order valence-electron chi connectivity index (χ4n) is 2.96. The third kappa shape index (κ3) is 2.95. The maximum atomic E-state index is 11.8. The van der Waals surface area contributed by atoms with Crippen LogP contribution in [0, 0.1) is 11.8 Å². The lowest BCUT2D eigenvalue weighted by Crippen LogP contribution is -2.39. The zero-order chi connectivity index (χ0) is 16.3. The Kier molecular flexibility index (Phi) is 4.80. The molecule has 0 saturated heterocycles. The lowest BCUT2D eigenvalue weighted by molar-refractivity contribution is -0.161. The number of aliphatic carboxylic acids is 1. The topological polar surface area (TPSA) is 89.9 Å². The molecule has 22 heavy (non-hydrogen) atoms. The zero-order valence-corrected chi connectivity index (χ0v) is 12.4. The second-order valence-electron chi connectivity index (χ2n) is 5.35. The minimum atomic E-state index is -1.17. The Balaban J connectivity index is 2.13. The monoisotopic (exact) mass is 306 g/mol. The van der Waals surface area contributed by atoms with E-state index >= 15 is 0 Å². The summed E-state index contributed by atoms with van der Waals surface area (Å²) >= 11 is 0. The Morgan fingerprint density at radius 3 is 2.32 bits per heavy atom. The van der Waals surface area contributed by atoms with Gasteiger partial charge in [0.05, 0.1) is 19.8 Å². The fourth-order valence-corrected chi connectivity index (χ4v) is 2.96. The number of hydrogen-bond acceptors (Lipinski definition) is 5. The van der Waals surface area contributed by atoms with E-state index in [1.165, 1.54) is 14.2 Å². The van der Waals surface area contributed by atoms with Crippen molar-refractivity contribution in [1.82, 2.24) is 0 Å². The Labute approximate surface area is 128 Å². The largest absolute Gasteiger partial charge is 0.481 e. The van der Waals surface area contributed by atoms with E-state index in [1.807, 2.05) is 12.1 Å². The summed E-state index contributed by atoms with van der Waals surface area (Å²) in [4.78, 5) is 34.6. The van der Waals surface area contributed by atoms with E-state index in [9.17, 15) is 19.5 Å². The van der Waals surface area contributed by atoms with Gasteiger partial charge in [-0.1, -0.05) is 18.2 Å². The summed E-state index contributed by atoms with van der Waals surface area (Å²) in [6.07, 6.45) is 1.06. The normalized spacial score (nSPS) is 21.4. The standard InChI is InChI=1S/C16H18O6/c1-21-15(19)12-6-4-3-5-11(12)9-7-10(8-9)13(14(17)18)16(20)22-2/h3-6,9-10,13H,7-8H2,1-2H3,(H,17,18). The summed E-state index contributed by atoms with van der Waals surface area (Å²) in [5.41, 5.74) is 1.32. The minimum Gasteiger partial charge on any atom is -0.481 e. The number of carboxylic acid groups (broad SMARTS) is 1. The molecule has 0 amide bonds. The molecule has 118 valence electrons. The van der Waals surface area contributed by atoms with Gasteiger partial charge in [0.15, 0.2) is 5.92 Å². The highest BCUT2D eigenvalue weighted by Gasteiger charge is 2.44. The first-order valence-electron chi connectivity index (χ1n) is 6.97. The molecule has 1 unspecified atom stereocenters. The van der Waals surface area contributed by atoms with Crippen LogP contribution in [-0.2, 0) is 19.1 Å². The molecule has 0 spiro atoms. The first-order chi connectivity index (χ1) is 10.5. The molecule has 6 nitrogen and oxygen atoms in total. The molecule has 1 aliphatic carbocycles. The molecule has 1 saturated carbocycles. The first-order valence-corrected chi connectivity index (χ1v) is 6.97. The predicted molar refractivity (Wildman–Crippen MR) is 76.4 cm³/mol. The lowest BCUT2D eigenvalue weighted by Gasteiger charge is -2.38. The van der Waals surface area contributed by atoms with Gasteiger partial charge >= 0.3 is 17.9 Å². The average molecular weight is 306 g/mol. The third-order valence-electron chi connectivity index (χ3n) is 4.17. The maximum Gasteiger partial charge on any atom is 0.338 e. The molecule has 0 radical (unpaired) electrons. The SMILES string of the molecule is COC(=O)c1ccccc1C1CC(C(C(=O)O)C(=O)OC)C1. The van der Waals surface area contributed by atoms with Crippen molar-refractivity contribution in [2.24, 2.45) is 11.8 Å². The highest BCUT2D eigenvalue weighted by atomic mass is 16.5. The molecule has 1 fully saturated rings. The molecule has 1 aromatic rings. The van der Waals surface area contributed by atoms with Crippen molar-refractivity contribution in [3.8, 4) is 0 Å². The van der Waals surface area contributed by atoms with Crippen molar-refractivity contribution in [2.45, 2.75) is 18.8 Å². The summed E-state index contributed by atoms with van der Waals surface area (Å²) in [5.74, 6) is -3.69. The summed E-state index contributed by atoms with van der Waals surface area (Å²) in [6, 6.07) is 7.09. The van der Waals surface area contributed by atoms with Crippen LogP contribution in [0.2, 0.25) is 0 Å². The molecular formula is C16H18O6. The first kappa shape index (κ1) is 16.0. The Hall–Kier alpha value is -2.37. The number of esters is 2. The van der Waals surface area contributed by atoms with Crippen LogP contribution in [0.5, 0.6) is 0 Å². The van der Waals surface area contributed by atoms with Crippen molar-refractivity contribution < 1.29 is 29.0 Å². The predicted octanol–water partition coefficient (Wildman–Crippen LogP) is 1.84. The number of carboxylic acids is 1. The van der Waals surface area contributed by atoms with Crippen LogP contribution in [0.25, 0.3) is 0 Å². The van der Waals surface area contributed by atoms with Crippen LogP contribution in [0.4, 0.5) is 0 Å². The van der Waals surface area contributed by atoms with E-state index in [4.69, 9.17) is 4.74 Å². The second-order valence-corrected chi connectivity index (χ2v) is 5.35. The smallest absolute Gasteiger partial charge is 0.338 e. The number of ether oxygens (including phenoxy) is 2. The van der Waals surface area contributed by atoms with Crippen LogP contribution in [0.1, 0.15) is 34.7 Å². The number of methoxy groups -OCH3 is 2. The quantitative estimate of drug-likeness (QED) is 0.659. The highest BCUT2D eigenvalue weighted by Crippen LogP contribution is 2.46. The van der Waals surface area contributed by atoms with E-state index in [2.05, 4.69) is 4.74 Å². The van der Waals surface area contributed by atoms with Crippen LogP contribution in [0.15, 0.2) is 24.3 Å². The molecule has 2 rings (SSSR count). The zero-order valence-electron chi connectivity index (χ0n) is 12.4. The van der Waals surface area contributed by atoms with Crippen molar-refractivity contribution in [1.29, 1.82) is 0 Å². The summed E-state index contributed by atoms with van der Waals surface area (Å²) < 4.78 is 9.31. The second kappa shape index (κ2) is 6.60. The minimum absolute atomic E-state index is 0.0480.